The molecule has 0 spiro atoms. The van der Waals surface area contributed by atoms with Gasteiger partial charge in [0.2, 0.25) is 0 Å². The van der Waals surface area contributed by atoms with E-state index in [4.69, 9.17) is 10.5 Å². The first-order chi connectivity index (χ1) is 9.50. The first-order valence-corrected chi connectivity index (χ1v) is 6.86. The number of carbonyl (C=O) groups is 1. The summed E-state index contributed by atoms with van der Waals surface area (Å²) in [6.07, 6.45) is 1.18. The molecule has 1 aromatic carbocycles. The van der Waals surface area contributed by atoms with Crippen molar-refractivity contribution in [2.45, 2.75) is 45.8 Å². The van der Waals surface area contributed by atoms with Crippen LogP contribution in [-0.4, -0.2) is 21.4 Å². The summed E-state index contributed by atoms with van der Waals surface area (Å²) in [6.45, 7) is 8.79. The minimum atomic E-state index is -1.09. The predicted octanol–water partition coefficient (Wildman–Crippen LogP) is 3.23. The average Bonchev–Trinajstić information content (AvgIpc) is 2.67. The molecule has 5 heteroatoms. The van der Waals surface area contributed by atoms with E-state index in [1.54, 1.807) is 38.2 Å². The van der Waals surface area contributed by atoms with Gasteiger partial charge in [0.05, 0.1) is 11.1 Å². The molecular weight excluding hydrogens is 268 g/mol. The van der Waals surface area contributed by atoms with Crippen LogP contribution in [0.15, 0.2) is 24.4 Å². The number of nitrogen functional groups attached to an aromatic ring is 1. The number of hydrogen-bond donors (Lipinski definition) is 2. The highest BCUT2D eigenvalue weighted by Crippen LogP contribution is 2.34. The molecule has 0 atom stereocenters. The highest BCUT2D eigenvalue weighted by Gasteiger charge is 2.25. The van der Waals surface area contributed by atoms with E-state index in [1.807, 2.05) is 20.8 Å². The third-order valence-corrected chi connectivity index (χ3v) is 3.11. The lowest BCUT2D eigenvalue weighted by Gasteiger charge is -2.22. The quantitative estimate of drug-likeness (QED) is 0.790. The van der Waals surface area contributed by atoms with Crippen LogP contribution < -0.4 is 5.73 Å². The molecule has 5 nitrogen and oxygen atoms in total. The summed E-state index contributed by atoms with van der Waals surface area (Å²) in [7, 11) is 0. The van der Waals surface area contributed by atoms with Gasteiger partial charge in [0.15, 0.2) is 0 Å². The first-order valence-electron chi connectivity index (χ1n) is 6.86. The van der Waals surface area contributed by atoms with E-state index >= 15 is 0 Å². The number of anilines is 1. The smallest absolute Gasteiger partial charge is 0.418 e. The fraction of sp³-hybridized carbons (Fsp3) is 0.438. The molecule has 0 aliphatic heterocycles. The summed E-state index contributed by atoms with van der Waals surface area (Å²) in [5.74, 6) is 0. The molecule has 0 saturated heterocycles. The molecule has 3 N–H and O–H groups in total. The summed E-state index contributed by atoms with van der Waals surface area (Å²) in [5.41, 5.74) is 6.09. The fourth-order valence-corrected chi connectivity index (χ4v) is 2.39. The summed E-state index contributed by atoms with van der Waals surface area (Å²) in [4.78, 5) is 12.2. The second kappa shape index (κ2) is 4.77. The van der Waals surface area contributed by atoms with E-state index in [-0.39, 0.29) is 0 Å². The minimum absolute atomic E-state index is 0.455. The summed E-state index contributed by atoms with van der Waals surface area (Å²) in [6, 6.07) is 5.21. The van der Waals surface area contributed by atoms with E-state index in [9.17, 15) is 9.90 Å². The highest BCUT2D eigenvalue weighted by atomic mass is 16.6. The zero-order valence-corrected chi connectivity index (χ0v) is 13.1. The van der Waals surface area contributed by atoms with Gasteiger partial charge in [-0.15, -0.1) is 0 Å². The normalized spacial score (nSPS) is 12.7. The topological polar surface area (TPSA) is 77.5 Å². The van der Waals surface area contributed by atoms with Crippen LogP contribution in [-0.2, 0) is 10.3 Å². The molecule has 0 radical (unpaired) electrons. The van der Waals surface area contributed by atoms with Crippen LogP contribution in [0.4, 0.5) is 10.5 Å². The van der Waals surface area contributed by atoms with Crippen LogP contribution in [0.2, 0.25) is 0 Å². The Morgan fingerprint density at radius 1 is 1.19 bits per heavy atom. The molecule has 1 heterocycles. The molecular formula is C16H22N2O3. The van der Waals surface area contributed by atoms with Gasteiger partial charge in [0.25, 0.3) is 0 Å². The SMILES string of the molecule is CC(C)(C)OC(=O)n1ccc2c(C(C)(C)O)c(N)ccc21. The van der Waals surface area contributed by atoms with Gasteiger partial charge in [-0.05, 0) is 52.8 Å². The van der Waals surface area contributed by atoms with Gasteiger partial charge in [-0.25, -0.2) is 4.79 Å². The molecule has 0 fully saturated rings. The summed E-state index contributed by atoms with van der Waals surface area (Å²) in [5, 5.41) is 11.0. The lowest BCUT2D eigenvalue weighted by molar-refractivity contribution is 0.0544. The van der Waals surface area contributed by atoms with Crippen molar-refractivity contribution < 1.29 is 14.6 Å². The number of ether oxygens (including phenoxy) is 1. The summed E-state index contributed by atoms with van der Waals surface area (Å²) < 4.78 is 6.80. The van der Waals surface area contributed by atoms with E-state index < -0.39 is 17.3 Å². The van der Waals surface area contributed by atoms with Gasteiger partial charge in [-0.2, -0.15) is 0 Å². The zero-order valence-electron chi connectivity index (χ0n) is 13.1. The third-order valence-electron chi connectivity index (χ3n) is 3.11. The Morgan fingerprint density at radius 3 is 2.33 bits per heavy atom. The first kappa shape index (κ1) is 15.4. The standard InChI is InChI=1S/C16H22N2O3/c1-15(2,3)21-14(19)18-9-8-10-12(18)7-6-11(17)13(10)16(4,5)20/h6-9,20H,17H2,1-5H3. The number of benzene rings is 1. The van der Waals surface area contributed by atoms with Gasteiger partial charge in [-0.1, -0.05) is 0 Å². The van der Waals surface area contributed by atoms with Crippen molar-refractivity contribution in [2.24, 2.45) is 0 Å². The van der Waals surface area contributed by atoms with Crippen LogP contribution in [0.3, 0.4) is 0 Å². The van der Waals surface area contributed by atoms with Crippen LogP contribution >= 0.6 is 0 Å². The summed E-state index contributed by atoms with van der Waals surface area (Å²) >= 11 is 0. The van der Waals surface area contributed by atoms with Crippen molar-refractivity contribution >= 4 is 22.7 Å². The number of aliphatic hydroxyl groups is 1. The lowest BCUT2D eigenvalue weighted by atomic mass is 9.93. The van der Waals surface area contributed by atoms with Gasteiger partial charge in [-0.3, -0.25) is 4.57 Å². The number of aromatic nitrogens is 1. The maximum absolute atomic E-state index is 12.2. The Kier molecular flexibility index (Phi) is 3.49. The molecule has 0 amide bonds. The van der Waals surface area contributed by atoms with E-state index in [1.165, 1.54) is 4.57 Å². The minimum Gasteiger partial charge on any atom is -0.443 e. The van der Waals surface area contributed by atoms with E-state index in [2.05, 4.69) is 0 Å². The maximum Gasteiger partial charge on any atom is 0.418 e. The maximum atomic E-state index is 12.2. The monoisotopic (exact) mass is 290 g/mol. The van der Waals surface area contributed by atoms with Gasteiger partial charge in [0, 0.05) is 22.8 Å². The Balaban J connectivity index is 2.59. The Bertz CT molecular complexity index is 688. The number of fused-ring (bicyclic) bond motifs is 1. The highest BCUT2D eigenvalue weighted by molar-refractivity contribution is 5.94. The second-order valence-corrected chi connectivity index (χ2v) is 6.69. The second-order valence-electron chi connectivity index (χ2n) is 6.69. The van der Waals surface area contributed by atoms with Gasteiger partial charge < -0.3 is 15.6 Å². The molecule has 0 saturated carbocycles. The Morgan fingerprint density at radius 2 is 1.81 bits per heavy atom. The average molecular weight is 290 g/mol. The number of carbonyl (C=O) groups excluding carboxylic acids is 1. The lowest BCUT2D eigenvalue weighted by Crippen LogP contribution is -2.26. The number of nitrogens with zero attached hydrogens (tertiary/aromatic N) is 1. The molecule has 0 aliphatic carbocycles. The van der Waals surface area contributed by atoms with Crippen LogP contribution in [0.25, 0.3) is 10.9 Å². The van der Waals surface area contributed by atoms with Crippen molar-refractivity contribution in [1.82, 2.24) is 4.57 Å². The number of nitrogens with two attached hydrogens (primary N) is 1. The van der Waals surface area contributed by atoms with Gasteiger partial charge in [0.1, 0.15) is 5.60 Å². The molecule has 21 heavy (non-hydrogen) atoms. The van der Waals surface area contributed by atoms with Crippen molar-refractivity contribution in [3.63, 3.8) is 0 Å². The van der Waals surface area contributed by atoms with Crippen molar-refractivity contribution in [3.05, 3.63) is 30.0 Å². The molecule has 0 unspecified atom stereocenters. The molecule has 114 valence electrons. The molecule has 2 rings (SSSR count). The Hall–Kier alpha value is -2.01. The van der Waals surface area contributed by atoms with Crippen molar-refractivity contribution in [3.8, 4) is 0 Å². The van der Waals surface area contributed by atoms with Gasteiger partial charge >= 0.3 is 6.09 Å². The Labute approximate surface area is 124 Å². The van der Waals surface area contributed by atoms with Crippen LogP contribution in [0.5, 0.6) is 0 Å². The van der Waals surface area contributed by atoms with Crippen LogP contribution in [0.1, 0.15) is 40.2 Å². The molecule has 2 aromatic rings. The molecule has 1 aromatic heterocycles. The number of rotatable bonds is 1. The fourth-order valence-electron chi connectivity index (χ4n) is 2.39. The number of hydrogen-bond acceptors (Lipinski definition) is 4. The van der Waals surface area contributed by atoms with Crippen molar-refractivity contribution in [2.75, 3.05) is 5.73 Å². The van der Waals surface area contributed by atoms with E-state index in [0.717, 1.165) is 5.39 Å². The zero-order chi connectivity index (χ0) is 16.0. The van der Waals surface area contributed by atoms with E-state index in [0.29, 0.717) is 16.8 Å². The van der Waals surface area contributed by atoms with Crippen LogP contribution in [0, 0.1) is 0 Å². The molecule has 0 bridgehead atoms. The third kappa shape index (κ3) is 3.03. The predicted molar refractivity (Wildman–Crippen MR) is 83.2 cm³/mol. The molecule has 0 aliphatic rings. The largest absolute Gasteiger partial charge is 0.443 e. The van der Waals surface area contributed by atoms with Crippen molar-refractivity contribution in [1.29, 1.82) is 0 Å².